The standard InChI is InChI=1S/C20H23FN2O5.CH4/c1-11(2)18(22-19(25)16-8-12(3)28-23-16)17(24)10-14(20(26)27)9-13-4-6-15(21)7-5-13;/h4-8,11,14,18H,9-10H2,1-3H3,(H,22,25)(H,26,27);1H4/t14-,18+;/m1./s1. The Hall–Kier alpha value is -3.03. The van der Waals surface area contributed by atoms with Gasteiger partial charge < -0.3 is 14.9 Å². The van der Waals surface area contributed by atoms with Crippen LogP contribution in [0.2, 0.25) is 0 Å². The van der Waals surface area contributed by atoms with Gasteiger partial charge in [-0.1, -0.05) is 38.6 Å². The lowest BCUT2D eigenvalue weighted by molar-refractivity contribution is -0.144. The van der Waals surface area contributed by atoms with Crippen LogP contribution in [0, 0.1) is 24.6 Å². The number of benzene rings is 1. The lowest BCUT2D eigenvalue weighted by Crippen LogP contribution is -2.45. The molecule has 0 aliphatic carbocycles. The van der Waals surface area contributed by atoms with Gasteiger partial charge in [0.2, 0.25) is 0 Å². The van der Waals surface area contributed by atoms with Gasteiger partial charge in [-0.25, -0.2) is 4.39 Å². The molecule has 1 amide bonds. The molecule has 0 radical (unpaired) electrons. The van der Waals surface area contributed by atoms with E-state index in [9.17, 15) is 23.9 Å². The molecule has 0 saturated carbocycles. The predicted molar refractivity (Wildman–Crippen MR) is 105 cm³/mol. The van der Waals surface area contributed by atoms with Gasteiger partial charge in [0.1, 0.15) is 11.6 Å². The summed E-state index contributed by atoms with van der Waals surface area (Å²) in [6.07, 6.45) is -0.170. The second kappa shape index (κ2) is 10.5. The summed E-state index contributed by atoms with van der Waals surface area (Å²) >= 11 is 0. The minimum Gasteiger partial charge on any atom is -0.481 e. The van der Waals surface area contributed by atoms with Gasteiger partial charge in [-0.3, -0.25) is 14.4 Å². The fourth-order valence-corrected chi connectivity index (χ4v) is 2.83. The van der Waals surface area contributed by atoms with E-state index in [0.29, 0.717) is 11.3 Å². The van der Waals surface area contributed by atoms with E-state index in [1.165, 1.54) is 30.3 Å². The van der Waals surface area contributed by atoms with E-state index >= 15 is 0 Å². The summed E-state index contributed by atoms with van der Waals surface area (Å²) in [4.78, 5) is 36.6. The average molecular weight is 406 g/mol. The number of amides is 1. The molecule has 8 heteroatoms. The van der Waals surface area contributed by atoms with Crippen molar-refractivity contribution in [3.8, 4) is 0 Å². The third-order valence-corrected chi connectivity index (χ3v) is 4.35. The van der Waals surface area contributed by atoms with Gasteiger partial charge in [-0.15, -0.1) is 0 Å². The molecule has 0 bridgehead atoms. The van der Waals surface area contributed by atoms with Crippen LogP contribution in [0.4, 0.5) is 4.39 Å². The van der Waals surface area contributed by atoms with Crippen molar-refractivity contribution in [2.75, 3.05) is 0 Å². The van der Waals surface area contributed by atoms with Crippen molar-refractivity contribution in [2.24, 2.45) is 11.8 Å². The molecule has 2 atom stereocenters. The van der Waals surface area contributed by atoms with Crippen LogP contribution >= 0.6 is 0 Å². The van der Waals surface area contributed by atoms with Crippen molar-refractivity contribution in [3.05, 3.63) is 53.2 Å². The number of halogens is 1. The molecule has 0 aliphatic rings. The number of aliphatic carboxylic acids is 1. The highest BCUT2D eigenvalue weighted by Gasteiger charge is 2.30. The number of rotatable bonds is 9. The number of hydrogen-bond acceptors (Lipinski definition) is 5. The predicted octanol–water partition coefficient (Wildman–Crippen LogP) is 3.42. The number of aryl methyl sites for hydroxylation is 1. The third kappa shape index (κ3) is 6.81. The summed E-state index contributed by atoms with van der Waals surface area (Å²) in [6.45, 7) is 5.15. The van der Waals surface area contributed by atoms with Crippen molar-refractivity contribution >= 4 is 17.7 Å². The maximum atomic E-state index is 13.0. The normalized spacial score (nSPS) is 12.7. The van der Waals surface area contributed by atoms with Crippen LogP contribution in [-0.4, -0.2) is 34.0 Å². The summed E-state index contributed by atoms with van der Waals surface area (Å²) in [5.74, 6) is -3.26. The number of nitrogens with one attached hydrogen (secondary N) is 1. The molecule has 0 spiro atoms. The molecule has 7 nitrogen and oxygen atoms in total. The molecule has 0 saturated heterocycles. The molecular formula is C21H27FN2O5. The Kier molecular flexibility index (Phi) is 8.69. The second-order valence-corrected chi connectivity index (χ2v) is 7.05. The molecule has 2 aromatic rings. The molecule has 0 unspecified atom stereocenters. The minimum atomic E-state index is -1.13. The van der Waals surface area contributed by atoms with Crippen LogP contribution in [0.3, 0.4) is 0 Å². The van der Waals surface area contributed by atoms with Crippen LogP contribution in [-0.2, 0) is 16.0 Å². The fraction of sp³-hybridized carbons (Fsp3) is 0.429. The van der Waals surface area contributed by atoms with Crippen LogP contribution in [0.1, 0.15) is 49.5 Å². The third-order valence-electron chi connectivity index (χ3n) is 4.35. The van der Waals surface area contributed by atoms with E-state index < -0.39 is 35.4 Å². The van der Waals surface area contributed by atoms with Crippen molar-refractivity contribution in [1.82, 2.24) is 10.5 Å². The summed E-state index contributed by atoms with van der Waals surface area (Å²) in [6, 6.07) is 6.06. The lowest BCUT2D eigenvalue weighted by atomic mass is 9.89. The number of carboxylic acid groups (broad SMARTS) is 1. The first kappa shape index (κ1) is 24.0. The Morgan fingerprint density at radius 3 is 2.31 bits per heavy atom. The zero-order chi connectivity index (χ0) is 20.8. The number of hydrogen-bond donors (Lipinski definition) is 2. The van der Waals surface area contributed by atoms with Gasteiger partial charge in [0.15, 0.2) is 11.5 Å². The first-order chi connectivity index (χ1) is 13.2. The monoisotopic (exact) mass is 406 g/mol. The number of carboxylic acids is 1. The average Bonchev–Trinajstić information content (AvgIpc) is 3.06. The van der Waals surface area contributed by atoms with Gasteiger partial charge in [0.05, 0.1) is 12.0 Å². The smallest absolute Gasteiger partial charge is 0.307 e. The number of Topliss-reactive ketones (excluding diaryl/α,β-unsaturated/α-hetero) is 1. The van der Waals surface area contributed by atoms with E-state index in [-0.39, 0.29) is 31.9 Å². The first-order valence-corrected chi connectivity index (χ1v) is 8.91. The quantitative estimate of drug-likeness (QED) is 0.660. The molecule has 1 aromatic heterocycles. The van der Waals surface area contributed by atoms with Crippen molar-refractivity contribution < 1.29 is 28.4 Å². The Morgan fingerprint density at radius 2 is 1.83 bits per heavy atom. The van der Waals surface area contributed by atoms with E-state index in [2.05, 4.69) is 10.5 Å². The van der Waals surface area contributed by atoms with Crippen molar-refractivity contribution in [3.63, 3.8) is 0 Å². The van der Waals surface area contributed by atoms with Gasteiger partial charge in [-0.05, 0) is 37.0 Å². The number of ketones is 1. The fourth-order valence-electron chi connectivity index (χ4n) is 2.83. The zero-order valence-corrected chi connectivity index (χ0v) is 15.9. The highest BCUT2D eigenvalue weighted by molar-refractivity contribution is 5.97. The number of aromatic nitrogens is 1. The van der Waals surface area contributed by atoms with Crippen molar-refractivity contribution in [1.29, 1.82) is 0 Å². The molecule has 2 rings (SSSR count). The zero-order valence-electron chi connectivity index (χ0n) is 15.9. The summed E-state index contributed by atoms with van der Waals surface area (Å²) < 4.78 is 17.9. The van der Waals surface area contributed by atoms with Gasteiger partial charge in [-0.2, -0.15) is 0 Å². The van der Waals surface area contributed by atoms with Gasteiger partial charge in [0, 0.05) is 12.5 Å². The summed E-state index contributed by atoms with van der Waals surface area (Å²) in [7, 11) is 0. The van der Waals surface area contributed by atoms with E-state index in [0.717, 1.165) is 0 Å². The Balaban J connectivity index is 0.00000420. The molecule has 0 fully saturated rings. The SMILES string of the molecule is C.Cc1cc(C(=O)N[C@H](C(=O)C[C@@H](Cc2ccc(F)cc2)C(=O)O)C(C)C)no1. The van der Waals surface area contributed by atoms with Crippen LogP contribution in [0.5, 0.6) is 0 Å². The minimum absolute atomic E-state index is 0. The van der Waals surface area contributed by atoms with Crippen LogP contribution in [0.25, 0.3) is 0 Å². The number of nitrogens with zero attached hydrogens (tertiary/aromatic N) is 1. The van der Waals surface area contributed by atoms with E-state index in [1.807, 2.05) is 0 Å². The first-order valence-electron chi connectivity index (χ1n) is 8.91. The summed E-state index contributed by atoms with van der Waals surface area (Å²) in [5, 5.41) is 15.7. The molecule has 1 aromatic carbocycles. The van der Waals surface area contributed by atoms with Crippen LogP contribution < -0.4 is 5.32 Å². The van der Waals surface area contributed by atoms with Crippen molar-refractivity contribution in [2.45, 2.75) is 47.1 Å². The number of carbonyl (C=O) groups is 3. The molecular weight excluding hydrogens is 379 g/mol. The van der Waals surface area contributed by atoms with E-state index in [1.54, 1.807) is 20.8 Å². The van der Waals surface area contributed by atoms with Gasteiger partial charge >= 0.3 is 5.97 Å². The lowest BCUT2D eigenvalue weighted by Gasteiger charge is -2.22. The highest BCUT2D eigenvalue weighted by atomic mass is 19.1. The Labute approximate surface area is 169 Å². The molecule has 2 N–H and O–H groups in total. The Morgan fingerprint density at radius 1 is 1.21 bits per heavy atom. The molecule has 158 valence electrons. The maximum absolute atomic E-state index is 13.0. The molecule has 1 heterocycles. The maximum Gasteiger partial charge on any atom is 0.307 e. The summed E-state index contributed by atoms with van der Waals surface area (Å²) in [5.41, 5.74) is 0.668. The topological polar surface area (TPSA) is 110 Å². The van der Waals surface area contributed by atoms with E-state index in [4.69, 9.17) is 4.52 Å². The Bertz CT molecular complexity index is 845. The highest BCUT2D eigenvalue weighted by Crippen LogP contribution is 2.17. The molecule has 0 aliphatic heterocycles. The molecule has 29 heavy (non-hydrogen) atoms. The van der Waals surface area contributed by atoms with Gasteiger partial charge in [0.25, 0.3) is 5.91 Å². The van der Waals surface area contributed by atoms with Crippen LogP contribution in [0.15, 0.2) is 34.9 Å². The largest absolute Gasteiger partial charge is 0.481 e. The second-order valence-electron chi connectivity index (χ2n) is 7.05. The number of carbonyl (C=O) groups excluding carboxylic acids is 2.